The van der Waals surface area contributed by atoms with Gasteiger partial charge in [-0.2, -0.15) is 0 Å². The van der Waals surface area contributed by atoms with Crippen LogP contribution in [0.5, 0.6) is 0 Å². The lowest BCUT2D eigenvalue weighted by atomic mass is 9.96. The van der Waals surface area contributed by atoms with Crippen molar-refractivity contribution >= 4 is 0 Å². The fourth-order valence-electron chi connectivity index (χ4n) is 1.35. The van der Waals surface area contributed by atoms with Crippen molar-refractivity contribution in [1.29, 1.82) is 0 Å². The second kappa shape index (κ2) is 4.07. The minimum Gasteiger partial charge on any atom is -0.391 e. The molecule has 0 amide bonds. The van der Waals surface area contributed by atoms with Gasteiger partial charge in [0.25, 0.3) is 0 Å². The Morgan fingerprint density at radius 1 is 1.36 bits per heavy atom. The van der Waals surface area contributed by atoms with Crippen LogP contribution in [0.1, 0.15) is 0 Å². The summed E-state index contributed by atoms with van der Waals surface area (Å²) in [7, 11) is 1.20. The summed E-state index contributed by atoms with van der Waals surface area (Å²) in [6, 6.07) is 0. The maximum atomic E-state index is 9.40. The quantitative estimate of drug-likeness (QED) is 0.325. The highest BCUT2D eigenvalue weighted by molar-refractivity contribution is 4.93. The summed E-state index contributed by atoms with van der Waals surface area (Å²) in [5.41, 5.74) is 0. The van der Waals surface area contributed by atoms with Crippen LogP contribution in [0.15, 0.2) is 0 Å². The highest BCUT2D eigenvalue weighted by Gasteiger charge is 2.52. The van der Waals surface area contributed by atoms with Crippen LogP contribution in [-0.2, 0) is 9.47 Å². The number of methoxy groups -OCH3 is 1. The van der Waals surface area contributed by atoms with Gasteiger partial charge >= 0.3 is 0 Å². The molecule has 0 spiro atoms. The molecule has 5 atom stereocenters. The third-order valence-corrected chi connectivity index (χ3v) is 2.23. The van der Waals surface area contributed by atoms with Gasteiger partial charge in [-0.1, -0.05) is 0 Å². The van der Waals surface area contributed by atoms with E-state index in [1.807, 2.05) is 0 Å². The average molecular weight is 210 g/mol. The van der Waals surface area contributed by atoms with Gasteiger partial charge in [0.15, 0.2) is 6.29 Å². The number of ether oxygens (including phenoxy) is 2. The highest BCUT2D eigenvalue weighted by Crippen LogP contribution is 2.27. The van der Waals surface area contributed by atoms with Crippen LogP contribution in [0.25, 0.3) is 0 Å². The molecule has 5 N–H and O–H groups in total. The summed E-state index contributed by atoms with van der Waals surface area (Å²) in [5, 5.41) is 46.1. The van der Waals surface area contributed by atoms with Crippen molar-refractivity contribution < 1.29 is 35.0 Å². The van der Waals surface area contributed by atoms with Gasteiger partial charge in [0.2, 0.25) is 5.79 Å². The van der Waals surface area contributed by atoms with E-state index in [4.69, 9.17) is 5.11 Å². The van der Waals surface area contributed by atoms with Crippen LogP contribution in [0.2, 0.25) is 0 Å². The first-order valence-electron chi connectivity index (χ1n) is 4.04. The van der Waals surface area contributed by atoms with Crippen molar-refractivity contribution in [2.24, 2.45) is 0 Å². The normalized spacial score (nSPS) is 49.3. The fraction of sp³-hybridized carbons (Fsp3) is 1.00. The van der Waals surface area contributed by atoms with Gasteiger partial charge < -0.3 is 35.0 Å². The minimum atomic E-state index is -2.37. The topological polar surface area (TPSA) is 120 Å². The summed E-state index contributed by atoms with van der Waals surface area (Å²) in [5.74, 6) is -2.37. The number of rotatable bonds is 2. The monoisotopic (exact) mass is 210 g/mol. The summed E-state index contributed by atoms with van der Waals surface area (Å²) >= 11 is 0. The van der Waals surface area contributed by atoms with E-state index in [-0.39, 0.29) is 0 Å². The third-order valence-electron chi connectivity index (χ3n) is 2.23. The Hall–Kier alpha value is -0.280. The molecule has 0 aromatic heterocycles. The highest BCUT2D eigenvalue weighted by atomic mass is 16.7. The number of hydrogen-bond acceptors (Lipinski definition) is 7. The van der Waals surface area contributed by atoms with Crippen LogP contribution in [0.3, 0.4) is 0 Å². The van der Waals surface area contributed by atoms with Crippen LogP contribution < -0.4 is 0 Å². The van der Waals surface area contributed by atoms with Crippen LogP contribution in [0.4, 0.5) is 0 Å². The van der Waals surface area contributed by atoms with E-state index in [1.165, 1.54) is 7.11 Å². The zero-order valence-corrected chi connectivity index (χ0v) is 7.57. The van der Waals surface area contributed by atoms with E-state index in [9.17, 15) is 20.4 Å². The van der Waals surface area contributed by atoms with E-state index in [2.05, 4.69) is 9.47 Å². The molecular formula is C7H14O7. The zero-order chi connectivity index (χ0) is 10.9. The maximum absolute atomic E-state index is 9.40. The van der Waals surface area contributed by atoms with E-state index in [0.29, 0.717) is 0 Å². The van der Waals surface area contributed by atoms with Crippen LogP contribution >= 0.6 is 0 Å². The van der Waals surface area contributed by atoms with Gasteiger partial charge in [0, 0.05) is 7.11 Å². The number of aliphatic hydroxyl groups is 5. The Labute approximate surface area is 80.1 Å². The molecule has 1 aliphatic rings. The first-order chi connectivity index (χ1) is 6.46. The van der Waals surface area contributed by atoms with Gasteiger partial charge in [0.05, 0.1) is 6.61 Å². The van der Waals surface area contributed by atoms with E-state index in [1.54, 1.807) is 0 Å². The lowest BCUT2D eigenvalue weighted by Gasteiger charge is -2.44. The second-order valence-corrected chi connectivity index (χ2v) is 3.15. The van der Waals surface area contributed by atoms with Crippen LogP contribution in [-0.4, -0.2) is 69.6 Å². The van der Waals surface area contributed by atoms with Crippen LogP contribution in [0, 0.1) is 0 Å². The van der Waals surface area contributed by atoms with E-state index >= 15 is 0 Å². The van der Waals surface area contributed by atoms with Gasteiger partial charge in [-0.3, -0.25) is 0 Å². The average Bonchev–Trinajstić information content (AvgIpc) is 2.15. The molecule has 2 unspecified atom stereocenters. The molecule has 1 fully saturated rings. The molecule has 1 rings (SSSR count). The van der Waals surface area contributed by atoms with Crippen molar-refractivity contribution in [3.05, 3.63) is 0 Å². The number of aliphatic hydroxyl groups excluding tert-OH is 4. The molecule has 1 heterocycles. The Morgan fingerprint density at radius 3 is 2.36 bits per heavy atom. The maximum Gasteiger partial charge on any atom is 0.221 e. The summed E-state index contributed by atoms with van der Waals surface area (Å²) < 4.78 is 9.18. The van der Waals surface area contributed by atoms with Gasteiger partial charge in [-0.05, 0) is 0 Å². The Kier molecular flexibility index (Phi) is 3.43. The second-order valence-electron chi connectivity index (χ2n) is 3.15. The molecule has 0 saturated carbocycles. The van der Waals surface area contributed by atoms with E-state index in [0.717, 1.165) is 0 Å². The molecule has 0 aromatic carbocycles. The number of hydrogen-bond donors (Lipinski definition) is 5. The SMILES string of the molecule is CO[C@H]1C(O)OC(O)(CO)[C@H](O)[C@@H]1O. The molecule has 1 aliphatic heterocycles. The molecule has 0 aliphatic carbocycles. The van der Waals surface area contributed by atoms with Crippen molar-refractivity contribution in [2.75, 3.05) is 13.7 Å². The predicted octanol–water partition coefficient (Wildman–Crippen LogP) is -3.25. The third kappa shape index (κ3) is 1.75. The Morgan fingerprint density at radius 2 is 1.93 bits per heavy atom. The largest absolute Gasteiger partial charge is 0.391 e. The lowest BCUT2D eigenvalue weighted by molar-refractivity contribution is -0.392. The summed E-state index contributed by atoms with van der Waals surface area (Å²) in [6.45, 7) is -0.946. The summed E-state index contributed by atoms with van der Waals surface area (Å²) in [6.07, 6.45) is -6.07. The van der Waals surface area contributed by atoms with Gasteiger partial charge in [-0.15, -0.1) is 0 Å². The van der Waals surface area contributed by atoms with Gasteiger partial charge in [0.1, 0.15) is 18.3 Å². The molecule has 14 heavy (non-hydrogen) atoms. The first-order valence-corrected chi connectivity index (χ1v) is 4.04. The van der Waals surface area contributed by atoms with Gasteiger partial charge in [-0.25, -0.2) is 0 Å². The molecule has 84 valence electrons. The van der Waals surface area contributed by atoms with Crippen molar-refractivity contribution in [2.45, 2.75) is 30.4 Å². The zero-order valence-electron chi connectivity index (χ0n) is 7.57. The summed E-state index contributed by atoms with van der Waals surface area (Å²) in [4.78, 5) is 0. The van der Waals surface area contributed by atoms with Crippen molar-refractivity contribution in [1.82, 2.24) is 0 Å². The molecule has 7 heteroatoms. The molecule has 0 aromatic rings. The first kappa shape index (κ1) is 11.8. The molecule has 1 saturated heterocycles. The smallest absolute Gasteiger partial charge is 0.221 e. The Bertz CT molecular complexity index is 198. The molecule has 0 radical (unpaired) electrons. The Balaban J connectivity index is 2.83. The standard InChI is InChI=1S/C7H14O7/c1-13-4-3(9)5(10)7(12,2-8)14-6(4)11/h3-6,8-12H,2H2,1H3/t3-,4-,5-,6?,7?/m1/s1. The van der Waals surface area contributed by atoms with Crippen molar-refractivity contribution in [3.63, 3.8) is 0 Å². The van der Waals surface area contributed by atoms with E-state index < -0.39 is 37.0 Å². The van der Waals surface area contributed by atoms with Crippen molar-refractivity contribution in [3.8, 4) is 0 Å². The molecule has 7 nitrogen and oxygen atoms in total. The fourth-order valence-corrected chi connectivity index (χ4v) is 1.35. The predicted molar refractivity (Wildman–Crippen MR) is 41.9 cm³/mol. The molecule has 0 bridgehead atoms. The minimum absolute atomic E-state index is 0.946. The molecular weight excluding hydrogens is 196 g/mol. The lowest BCUT2D eigenvalue weighted by Crippen LogP contribution is -2.66.